The molecule has 1 saturated heterocycles. The number of carboxylic acids is 1. The number of nitrogen functional groups attached to an aromatic ring is 1. The fourth-order valence-electron chi connectivity index (χ4n) is 4.29. The number of nitrogens with one attached hydrogen (secondary N) is 1. The molecule has 2 heterocycles. The minimum absolute atomic E-state index is 0.0112. The number of anilines is 1. The first-order valence-corrected chi connectivity index (χ1v) is 11.1. The van der Waals surface area contributed by atoms with Crippen LogP contribution >= 0.6 is 11.3 Å². The molecule has 8 nitrogen and oxygen atoms in total. The number of piperidine rings is 1. The summed E-state index contributed by atoms with van der Waals surface area (Å²) >= 11 is 1.32. The number of benzene rings is 1. The quantitative estimate of drug-likeness (QED) is 0.599. The summed E-state index contributed by atoms with van der Waals surface area (Å²) < 4.78 is 6.21. The van der Waals surface area contributed by atoms with Gasteiger partial charge in [-0.05, 0) is 38.2 Å². The Balaban J connectivity index is 1.79. The second-order valence-corrected chi connectivity index (χ2v) is 9.49. The van der Waals surface area contributed by atoms with Gasteiger partial charge in [0.05, 0.1) is 28.8 Å². The van der Waals surface area contributed by atoms with Crippen LogP contribution in [0.4, 0.5) is 5.00 Å². The van der Waals surface area contributed by atoms with E-state index in [9.17, 15) is 19.5 Å². The molecule has 1 aliphatic heterocycles. The molecule has 0 radical (unpaired) electrons. The minimum Gasteiger partial charge on any atom is -0.495 e. The molecule has 0 saturated carbocycles. The van der Waals surface area contributed by atoms with Crippen molar-refractivity contribution in [2.45, 2.75) is 45.6 Å². The van der Waals surface area contributed by atoms with Gasteiger partial charge in [0.1, 0.15) is 5.75 Å². The summed E-state index contributed by atoms with van der Waals surface area (Å²) in [6.45, 7) is 4.49. The molecule has 3 rings (SSSR count). The Hall–Kier alpha value is -2.81. The largest absolute Gasteiger partial charge is 0.495 e. The number of methoxy groups -OCH3 is 1. The lowest BCUT2D eigenvalue weighted by atomic mass is 9.72. The fourth-order valence-corrected chi connectivity index (χ4v) is 5.34. The van der Waals surface area contributed by atoms with Crippen LogP contribution in [0.2, 0.25) is 0 Å². The van der Waals surface area contributed by atoms with Crippen molar-refractivity contribution in [3.8, 4) is 5.75 Å². The van der Waals surface area contributed by atoms with Gasteiger partial charge in [-0.2, -0.15) is 0 Å². The molecule has 9 heteroatoms. The predicted molar refractivity (Wildman–Crippen MR) is 121 cm³/mol. The van der Waals surface area contributed by atoms with E-state index < -0.39 is 11.4 Å². The summed E-state index contributed by atoms with van der Waals surface area (Å²) in [5, 5.41) is 13.4. The van der Waals surface area contributed by atoms with Crippen molar-refractivity contribution in [1.82, 2.24) is 10.2 Å². The number of hydrogen-bond donors (Lipinski definition) is 3. The highest BCUT2D eigenvalue weighted by atomic mass is 32.1. The van der Waals surface area contributed by atoms with Crippen LogP contribution in [-0.2, 0) is 9.59 Å². The third-order valence-electron chi connectivity index (χ3n) is 5.76. The number of aliphatic carboxylic acids is 1. The molecular formula is C22H29N3O5S. The van der Waals surface area contributed by atoms with Gasteiger partial charge in [-0.3, -0.25) is 14.4 Å². The van der Waals surface area contributed by atoms with E-state index >= 15 is 0 Å². The number of ether oxygens (including phenoxy) is 1. The normalized spacial score (nSPS) is 15.8. The van der Waals surface area contributed by atoms with Gasteiger partial charge in [0.25, 0.3) is 5.91 Å². The van der Waals surface area contributed by atoms with Crippen LogP contribution in [0.15, 0.2) is 18.2 Å². The van der Waals surface area contributed by atoms with Crippen molar-refractivity contribution in [1.29, 1.82) is 0 Å². The summed E-state index contributed by atoms with van der Waals surface area (Å²) in [4.78, 5) is 38.9. The van der Waals surface area contributed by atoms with Crippen LogP contribution in [0.25, 0.3) is 10.1 Å². The van der Waals surface area contributed by atoms with Crippen molar-refractivity contribution < 1.29 is 24.2 Å². The summed E-state index contributed by atoms with van der Waals surface area (Å²) in [6, 6.07) is 5.50. The average molecular weight is 448 g/mol. The Bertz CT molecular complexity index is 992. The van der Waals surface area contributed by atoms with Crippen LogP contribution in [0.1, 0.15) is 49.9 Å². The van der Waals surface area contributed by atoms with E-state index in [0.717, 1.165) is 10.1 Å². The predicted octanol–water partition coefficient (Wildman–Crippen LogP) is 3.10. The third kappa shape index (κ3) is 4.92. The third-order valence-corrected chi connectivity index (χ3v) is 6.81. The molecule has 2 aromatic rings. The first-order valence-electron chi connectivity index (χ1n) is 10.3. The monoisotopic (exact) mass is 447 g/mol. The maximum Gasteiger partial charge on any atom is 0.303 e. The van der Waals surface area contributed by atoms with E-state index in [-0.39, 0.29) is 30.7 Å². The number of carbonyl (C=O) groups excluding carboxylic acids is 2. The van der Waals surface area contributed by atoms with Gasteiger partial charge in [-0.1, -0.05) is 12.1 Å². The Morgan fingerprint density at radius 3 is 2.52 bits per heavy atom. The number of fused-ring (bicyclic) bond motifs is 1. The molecule has 0 unspecified atom stereocenters. The smallest absolute Gasteiger partial charge is 0.303 e. The van der Waals surface area contributed by atoms with Crippen molar-refractivity contribution in [3.63, 3.8) is 0 Å². The second-order valence-electron chi connectivity index (χ2n) is 8.44. The standard InChI is InChI=1S/C22H29N3O5S/c1-13(2)24-16(26)11-22(12-17(27)28)7-9-25(10-8-22)21(29)18-14-5-4-6-15(30-3)19(14)31-20(18)23/h4-6,13H,7-12,23H2,1-3H3,(H,24,26)(H,27,28). The zero-order valence-corrected chi connectivity index (χ0v) is 18.9. The number of likely N-dealkylation sites (tertiary alicyclic amines) is 1. The minimum atomic E-state index is -0.933. The molecule has 168 valence electrons. The van der Waals surface area contributed by atoms with Crippen molar-refractivity contribution in [2.24, 2.45) is 5.41 Å². The Kier molecular flexibility index (Phi) is 6.74. The maximum absolute atomic E-state index is 13.3. The van der Waals surface area contributed by atoms with E-state index in [4.69, 9.17) is 10.5 Å². The van der Waals surface area contributed by atoms with Crippen molar-refractivity contribution in [3.05, 3.63) is 23.8 Å². The van der Waals surface area contributed by atoms with E-state index in [0.29, 0.717) is 42.2 Å². The van der Waals surface area contributed by atoms with Crippen LogP contribution in [0, 0.1) is 5.41 Å². The van der Waals surface area contributed by atoms with Crippen molar-refractivity contribution >= 4 is 44.2 Å². The number of hydrogen-bond acceptors (Lipinski definition) is 6. The number of amides is 2. The summed E-state index contributed by atoms with van der Waals surface area (Å²) in [7, 11) is 1.58. The lowest BCUT2D eigenvalue weighted by Crippen LogP contribution is -2.46. The van der Waals surface area contributed by atoms with Crippen molar-refractivity contribution in [2.75, 3.05) is 25.9 Å². The van der Waals surface area contributed by atoms with Gasteiger partial charge in [-0.15, -0.1) is 11.3 Å². The van der Waals surface area contributed by atoms with Gasteiger partial charge >= 0.3 is 5.97 Å². The summed E-state index contributed by atoms with van der Waals surface area (Å²) in [5.41, 5.74) is 6.00. The second kappa shape index (κ2) is 9.13. The molecule has 1 aliphatic rings. The number of rotatable bonds is 7. The summed E-state index contributed by atoms with van der Waals surface area (Å²) in [6.07, 6.45) is 0.936. The van der Waals surface area contributed by atoms with E-state index in [1.165, 1.54) is 11.3 Å². The molecule has 31 heavy (non-hydrogen) atoms. The van der Waals surface area contributed by atoms with Crippen LogP contribution in [0.3, 0.4) is 0 Å². The Labute approximate surface area is 185 Å². The highest BCUT2D eigenvalue weighted by Crippen LogP contribution is 2.42. The Morgan fingerprint density at radius 2 is 1.94 bits per heavy atom. The molecule has 0 atom stereocenters. The fraction of sp³-hybridized carbons (Fsp3) is 0.500. The maximum atomic E-state index is 13.3. The molecule has 1 aromatic carbocycles. The molecule has 4 N–H and O–H groups in total. The van der Waals surface area contributed by atoms with Gasteiger partial charge in [0.15, 0.2) is 0 Å². The number of nitrogens with zero attached hydrogens (tertiary/aromatic N) is 1. The molecular weight excluding hydrogens is 418 g/mol. The zero-order chi connectivity index (χ0) is 22.8. The van der Waals surface area contributed by atoms with E-state index in [2.05, 4.69) is 5.32 Å². The SMILES string of the molecule is COc1cccc2c(C(=O)N3CCC(CC(=O)O)(CC(=O)NC(C)C)CC3)c(N)sc12. The van der Waals surface area contributed by atoms with Crippen LogP contribution in [0.5, 0.6) is 5.75 Å². The van der Waals surface area contributed by atoms with Gasteiger partial charge in [0.2, 0.25) is 5.91 Å². The molecule has 0 aliphatic carbocycles. The van der Waals surface area contributed by atoms with Crippen LogP contribution < -0.4 is 15.8 Å². The molecule has 1 fully saturated rings. The first kappa shape index (κ1) is 22.9. The molecule has 1 aromatic heterocycles. The molecule has 2 amide bonds. The van der Waals surface area contributed by atoms with Gasteiger partial charge in [0, 0.05) is 30.9 Å². The van der Waals surface area contributed by atoms with Crippen LogP contribution in [-0.4, -0.2) is 54.0 Å². The number of thiophene rings is 1. The van der Waals surface area contributed by atoms with Gasteiger partial charge < -0.3 is 25.8 Å². The van der Waals surface area contributed by atoms with E-state index in [1.54, 1.807) is 12.0 Å². The highest BCUT2D eigenvalue weighted by Gasteiger charge is 2.40. The Morgan fingerprint density at radius 1 is 1.26 bits per heavy atom. The highest BCUT2D eigenvalue weighted by molar-refractivity contribution is 7.23. The lowest BCUT2D eigenvalue weighted by molar-refractivity contribution is -0.141. The molecule has 0 spiro atoms. The van der Waals surface area contributed by atoms with Gasteiger partial charge in [-0.25, -0.2) is 0 Å². The summed E-state index contributed by atoms with van der Waals surface area (Å²) in [5.74, 6) is -0.593. The number of carboxylic acid groups (broad SMARTS) is 1. The average Bonchev–Trinajstić information content (AvgIpc) is 3.02. The topological polar surface area (TPSA) is 122 Å². The zero-order valence-electron chi connectivity index (χ0n) is 18.1. The van der Waals surface area contributed by atoms with E-state index in [1.807, 2.05) is 32.0 Å². The first-order chi connectivity index (χ1) is 14.7. The lowest BCUT2D eigenvalue weighted by Gasteiger charge is -2.41. The number of nitrogens with two attached hydrogens (primary N) is 1. The molecule has 0 bridgehead atoms. The number of carbonyl (C=O) groups is 3.